The van der Waals surface area contributed by atoms with Gasteiger partial charge in [0.05, 0.1) is 5.52 Å². The van der Waals surface area contributed by atoms with E-state index in [4.69, 9.17) is 0 Å². The molecule has 1 N–H and O–H groups in total. The summed E-state index contributed by atoms with van der Waals surface area (Å²) in [7, 11) is 0. The average Bonchev–Trinajstić information content (AvgIpc) is 3.04. The van der Waals surface area contributed by atoms with Crippen molar-refractivity contribution < 1.29 is 9.18 Å². The third-order valence-electron chi connectivity index (χ3n) is 4.29. The van der Waals surface area contributed by atoms with Crippen LogP contribution in [0.25, 0.3) is 16.4 Å². The number of halogens is 1. The fourth-order valence-corrected chi connectivity index (χ4v) is 3.08. The predicted octanol–water partition coefficient (Wildman–Crippen LogP) is 2.38. The van der Waals surface area contributed by atoms with Crippen molar-refractivity contribution >= 4 is 28.0 Å². The van der Waals surface area contributed by atoms with E-state index in [2.05, 4.69) is 15.4 Å². The van der Waals surface area contributed by atoms with Crippen molar-refractivity contribution in [2.45, 2.75) is 19.9 Å². The van der Waals surface area contributed by atoms with E-state index in [0.29, 0.717) is 29.0 Å². The van der Waals surface area contributed by atoms with Crippen molar-refractivity contribution in [1.29, 1.82) is 0 Å². The van der Waals surface area contributed by atoms with Crippen LogP contribution in [0.3, 0.4) is 0 Å². The summed E-state index contributed by atoms with van der Waals surface area (Å²) in [5.74, 6) is -0.184. The number of rotatable bonds is 4. The van der Waals surface area contributed by atoms with Gasteiger partial charge < -0.3 is 5.32 Å². The Bertz CT molecular complexity index is 1210. The number of fused-ring (bicyclic) bond motifs is 3. The zero-order chi connectivity index (χ0) is 19.0. The Labute approximate surface area is 153 Å². The fourth-order valence-electron chi connectivity index (χ4n) is 3.08. The first-order valence-corrected chi connectivity index (χ1v) is 8.47. The number of pyridine rings is 1. The molecule has 4 rings (SSSR count). The summed E-state index contributed by atoms with van der Waals surface area (Å²) in [6.45, 7) is 1.67. The molecule has 7 nitrogen and oxygen atoms in total. The van der Waals surface area contributed by atoms with Crippen LogP contribution < -0.4 is 10.9 Å². The maximum absolute atomic E-state index is 13.7. The highest BCUT2D eigenvalue weighted by atomic mass is 19.1. The van der Waals surface area contributed by atoms with Gasteiger partial charge in [-0.25, -0.2) is 9.07 Å². The molecular weight excluding hydrogens is 349 g/mol. The van der Waals surface area contributed by atoms with Gasteiger partial charge >= 0.3 is 0 Å². The molecule has 4 aromatic rings. The Morgan fingerprint density at radius 3 is 2.67 bits per heavy atom. The molecule has 27 heavy (non-hydrogen) atoms. The zero-order valence-electron chi connectivity index (χ0n) is 14.5. The van der Waals surface area contributed by atoms with Crippen molar-refractivity contribution in [3.05, 3.63) is 70.8 Å². The van der Waals surface area contributed by atoms with Gasteiger partial charge in [-0.1, -0.05) is 6.92 Å². The third kappa shape index (κ3) is 3.05. The molecule has 0 saturated carbocycles. The second kappa shape index (κ2) is 6.64. The second-order valence-corrected chi connectivity index (χ2v) is 6.08. The molecule has 0 bridgehead atoms. The van der Waals surface area contributed by atoms with Crippen LogP contribution in [0.5, 0.6) is 0 Å². The maximum Gasteiger partial charge on any atom is 0.291 e. The van der Waals surface area contributed by atoms with Crippen LogP contribution in [0.15, 0.2) is 53.6 Å². The van der Waals surface area contributed by atoms with Crippen LogP contribution in [0.4, 0.5) is 10.1 Å². The largest absolute Gasteiger partial charge is 0.324 e. The highest BCUT2D eigenvalue weighted by Gasteiger charge is 2.15. The van der Waals surface area contributed by atoms with Crippen LogP contribution in [0.2, 0.25) is 0 Å². The first-order valence-electron chi connectivity index (χ1n) is 8.47. The van der Waals surface area contributed by atoms with E-state index in [1.807, 2.05) is 6.92 Å². The van der Waals surface area contributed by atoms with Gasteiger partial charge in [0.25, 0.3) is 5.56 Å². The van der Waals surface area contributed by atoms with Crippen molar-refractivity contribution in [2.75, 3.05) is 5.32 Å². The number of anilines is 1. The molecule has 136 valence electrons. The lowest BCUT2D eigenvalue weighted by Crippen LogP contribution is -2.32. The van der Waals surface area contributed by atoms with Gasteiger partial charge in [-0.3, -0.25) is 19.0 Å². The summed E-state index contributed by atoms with van der Waals surface area (Å²) in [6, 6.07) is 9.35. The molecule has 1 aromatic carbocycles. The molecule has 0 atom stereocenters. The summed E-state index contributed by atoms with van der Waals surface area (Å²) >= 11 is 0. The molecule has 0 aliphatic rings. The lowest BCUT2D eigenvalue weighted by Gasteiger charge is -2.10. The van der Waals surface area contributed by atoms with Crippen LogP contribution in [-0.4, -0.2) is 25.1 Å². The molecule has 0 unspecified atom stereocenters. The number of hydrogen-bond acceptors (Lipinski definition) is 4. The third-order valence-corrected chi connectivity index (χ3v) is 4.29. The van der Waals surface area contributed by atoms with Crippen molar-refractivity contribution in [3.8, 4) is 0 Å². The van der Waals surface area contributed by atoms with E-state index in [-0.39, 0.29) is 18.3 Å². The number of benzene rings is 1. The average molecular weight is 365 g/mol. The molecule has 0 saturated heterocycles. The van der Waals surface area contributed by atoms with E-state index in [1.165, 1.54) is 12.1 Å². The van der Waals surface area contributed by atoms with Gasteiger partial charge in [0.2, 0.25) is 5.91 Å². The molecule has 3 aromatic heterocycles. The number of carbonyl (C=O) groups is 1. The molecule has 0 fully saturated rings. The summed E-state index contributed by atoms with van der Waals surface area (Å²) < 4.78 is 16.5. The molecular formula is C19H16FN5O2. The fraction of sp³-hybridized carbons (Fsp3) is 0.158. The minimum Gasteiger partial charge on any atom is -0.324 e. The standard InChI is InChI=1S/C19H16FN5O2/c1-2-17-23-24(11-18(26)22-14-5-7-21-8-6-14)19(27)16-9-12-3-4-13(20)10-15(12)25(16)17/h3-10H,2,11H2,1H3,(H,21,22,26). The molecule has 8 heteroatoms. The molecule has 3 heterocycles. The second-order valence-electron chi connectivity index (χ2n) is 6.08. The topological polar surface area (TPSA) is 81.3 Å². The van der Waals surface area contributed by atoms with Crippen molar-refractivity contribution in [2.24, 2.45) is 0 Å². The van der Waals surface area contributed by atoms with E-state index >= 15 is 0 Å². The Morgan fingerprint density at radius 2 is 1.93 bits per heavy atom. The number of aryl methyl sites for hydroxylation is 1. The highest BCUT2D eigenvalue weighted by Crippen LogP contribution is 2.20. The number of nitrogens with one attached hydrogen (secondary N) is 1. The van der Waals surface area contributed by atoms with Gasteiger partial charge in [-0.15, -0.1) is 0 Å². The summed E-state index contributed by atoms with van der Waals surface area (Å²) in [5.41, 5.74) is 1.12. The minimum absolute atomic E-state index is 0.222. The minimum atomic E-state index is -0.409. The highest BCUT2D eigenvalue weighted by molar-refractivity contribution is 5.90. The van der Waals surface area contributed by atoms with Crippen molar-refractivity contribution in [3.63, 3.8) is 0 Å². The van der Waals surface area contributed by atoms with Gasteiger partial charge in [0.15, 0.2) is 0 Å². The van der Waals surface area contributed by atoms with Gasteiger partial charge in [0, 0.05) is 29.9 Å². The summed E-state index contributed by atoms with van der Waals surface area (Å²) in [6.07, 6.45) is 3.64. The number of carbonyl (C=O) groups excluding carboxylic acids is 1. The lowest BCUT2D eigenvalue weighted by atomic mass is 10.2. The monoisotopic (exact) mass is 365 g/mol. The maximum atomic E-state index is 13.7. The lowest BCUT2D eigenvalue weighted by molar-refractivity contribution is -0.117. The van der Waals surface area contributed by atoms with Gasteiger partial charge in [-0.2, -0.15) is 5.10 Å². The molecule has 1 amide bonds. The summed E-state index contributed by atoms with van der Waals surface area (Å²) in [5, 5.41) is 7.77. The van der Waals surface area contributed by atoms with Gasteiger partial charge in [0.1, 0.15) is 23.7 Å². The molecule has 0 spiro atoms. The van der Waals surface area contributed by atoms with Crippen LogP contribution in [0.1, 0.15) is 12.7 Å². The van der Waals surface area contributed by atoms with E-state index in [1.54, 1.807) is 41.1 Å². The van der Waals surface area contributed by atoms with Crippen LogP contribution in [0, 0.1) is 5.82 Å². The quantitative estimate of drug-likeness (QED) is 0.602. The summed E-state index contributed by atoms with van der Waals surface area (Å²) in [4.78, 5) is 29.0. The van der Waals surface area contributed by atoms with E-state index < -0.39 is 5.56 Å². The first-order chi connectivity index (χ1) is 13.1. The Morgan fingerprint density at radius 1 is 1.15 bits per heavy atom. The zero-order valence-corrected chi connectivity index (χ0v) is 14.5. The van der Waals surface area contributed by atoms with Gasteiger partial charge in [-0.05, 0) is 36.4 Å². The SMILES string of the molecule is CCc1nn(CC(=O)Nc2ccncc2)c(=O)c2cc3ccc(F)cc3n12. The number of nitrogens with zero attached hydrogens (tertiary/aromatic N) is 4. The Balaban J connectivity index is 1.78. The smallest absolute Gasteiger partial charge is 0.291 e. The molecule has 0 aliphatic heterocycles. The van der Waals surface area contributed by atoms with Crippen LogP contribution >= 0.6 is 0 Å². The number of aromatic nitrogens is 4. The first kappa shape index (κ1) is 16.9. The van der Waals surface area contributed by atoms with E-state index in [9.17, 15) is 14.0 Å². The number of amides is 1. The Kier molecular flexibility index (Phi) is 4.15. The Hall–Kier alpha value is -3.55. The normalized spacial score (nSPS) is 11.2. The van der Waals surface area contributed by atoms with E-state index in [0.717, 1.165) is 10.1 Å². The van der Waals surface area contributed by atoms with Crippen LogP contribution in [-0.2, 0) is 17.8 Å². The molecule has 0 radical (unpaired) electrons. The predicted molar refractivity (Wildman–Crippen MR) is 99.2 cm³/mol. The molecule has 0 aliphatic carbocycles. The van der Waals surface area contributed by atoms with Crippen molar-refractivity contribution in [1.82, 2.24) is 19.2 Å². The number of hydrogen-bond donors (Lipinski definition) is 1.